The van der Waals surface area contributed by atoms with Crippen molar-refractivity contribution in [2.45, 2.75) is 12.6 Å². The molecule has 0 unspecified atom stereocenters. The van der Waals surface area contributed by atoms with Gasteiger partial charge in [0.2, 0.25) is 0 Å². The van der Waals surface area contributed by atoms with E-state index in [1.807, 2.05) is 23.1 Å². The Kier molecular flexibility index (Phi) is 3.12. The monoisotopic (exact) mass is 263 g/mol. The Morgan fingerprint density at radius 3 is 2.92 bits per heavy atom. The van der Waals surface area contributed by atoms with Gasteiger partial charge in [-0.2, -0.15) is 11.8 Å². The second kappa shape index (κ2) is 4.13. The zero-order valence-corrected chi connectivity index (χ0v) is 9.77. The molecule has 1 aromatic heterocycles. The maximum absolute atomic E-state index is 3.52. The highest BCUT2D eigenvalue weighted by Crippen LogP contribution is 2.21. The minimum absolute atomic E-state index is 0.760. The van der Waals surface area contributed by atoms with Crippen molar-refractivity contribution in [3.8, 4) is 0 Å². The Morgan fingerprint density at radius 1 is 1.58 bits per heavy atom. The van der Waals surface area contributed by atoms with Gasteiger partial charge >= 0.3 is 0 Å². The zero-order chi connectivity index (χ0) is 8.39. The topological polar surface area (TPSA) is 12.0 Å². The lowest BCUT2D eigenvalue weighted by atomic mass is 10.3. The number of halogens is 1. The Balaban J connectivity index is 1.79. The van der Waals surface area contributed by atoms with E-state index in [1.165, 1.54) is 20.9 Å². The van der Waals surface area contributed by atoms with E-state index in [0.29, 0.717) is 0 Å². The SMILES string of the molecule is Brc1csc(CNC2CSC2)c1. The molecule has 0 aliphatic carbocycles. The molecule has 0 amide bonds. The van der Waals surface area contributed by atoms with Crippen LogP contribution in [0.3, 0.4) is 0 Å². The fraction of sp³-hybridized carbons (Fsp3) is 0.500. The predicted molar refractivity (Wildman–Crippen MR) is 60.0 cm³/mol. The largest absolute Gasteiger partial charge is 0.307 e. The lowest BCUT2D eigenvalue weighted by molar-refractivity contribution is 0.587. The van der Waals surface area contributed by atoms with Gasteiger partial charge in [-0.05, 0) is 22.0 Å². The predicted octanol–water partition coefficient (Wildman–Crippen LogP) is 2.72. The van der Waals surface area contributed by atoms with Crippen LogP contribution in [0.5, 0.6) is 0 Å². The molecule has 1 aromatic rings. The van der Waals surface area contributed by atoms with Crippen molar-refractivity contribution in [2.24, 2.45) is 0 Å². The van der Waals surface area contributed by atoms with Gasteiger partial charge in [-0.3, -0.25) is 0 Å². The highest BCUT2D eigenvalue weighted by Gasteiger charge is 2.16. The van der Waals surface area contributed by atoms with Crippen molar-refractivity contribution in [3.63, 3.8) is 0 Å². The van der Waals surface area contributed by atoms with Crippen LogP contribution in [0.4, 0.5) is 0 Å². The van der Waals surface area contributed by atoms with Crippen LogP contribution < -0.4 is 5.32 Å². The van der Waals surface area contributed by atoms with E-state index in [1.54, 1.807) is 0 Å². The molecule has 66 valence electrons. The molecule has 1 nitrogen and oxygen atoms in total. The lowest BCUT2D eigenvalue weighted by Gasteiger charge is -2.25. The van der Waals surface area contributed by atoms with Crippen LogP contribution in [0, 0.1) is 0 Å². The van der Waals surface area contributed by atoms with Gasteiger partial charge in [0.05, 0.1) is 0 Å². The van der Waals surface area contributed by atoms with Gasteiger partial charge < -0.3 is 5.32 Å². The van der Waals surface area contributed by atoms with Crippen LogP contribution in [0.25, 0.3) is 0 Å². The van der Waals surface area contributed by atoms with E-state index in [2.05, 4.69) is 32.7 Å². The molecular formula is C8H10BrNS2. The summed E-state index contributed by atoms with van der Waals surface area (Å²) in [5.41, 5.74) is 0. The van der Waals surface area contributed by atoms with Crippen LogP contribution in [0.1, 0.15) is 4.88 Å². The van der Waals surface area contributed by atoms with Gasteiger partial charge in [0, 0.05) is 38.8 Å². The van der Waals surface area contributed by atoms with Crippen LogP contribution in [0.15, 0.2) is 15.9 Å². The molecule has 1 N–H and O–H groups in total. The summed E-state index contributed by atoms with van der Waals surface area (Å²) in [6, 6.07) is 2.94. The second-order valence-corrected chi connectivity index (χ2v) is 5.83. The lowest BCUT2D eigenvalue weighted by Crippen LogP contribution is -2.39. The standard InChI is InChI=1S/C8H10BrNS2/c9-6-1-8(12-3-6)2-10-7-4-11-5-7/h1,3,7,10H,2,4-5H2. The highest BCUT2D eigenvalue weighted by atomic mass is 79.9. The van der Waals surface area contributed by atoms with E-state index >= 15 is 0 Å². The Bertz CT molecular complexity index is 257. The van der Waals surface area contributed by atoms with Crippen molar-refractivity contribution >= 4 is 39.0 Å². The molecule has 1 aliphatic rings. The molecule has 0 spiro atoms. The highest BCUT2D eigenvalue weighted by molar-refractivity contribution is 9.10. The summed E-state index contributed by atoms with van der Waals surface area (Å²) in [6.07, 6.45) is 0. The quantitative estimate of drug-likeness (QED) is 0.900. The summed E-state index contributed by atoms with van der Waals surface area (Å²) in [5.74, 6) is 2.57. The van der Waals surface area contributed by atoms with Gasteiger partial charge in [0.25, 0.3) is 0 Å². The zero-order valence-electron chi connectivity index (χ0n) is 6.55. The average molecular weight is 264 g/mol. The minimum atomic E-state index is 0.760. The molecule has 0 saturated carbocycles. The fourth-order valence-corrected chi connectivity index (χ4v) is 3.15. The van der Waals surface area contributed by atoms with Gasteiger partial charge in [-0.15, -0.1) is 11.3 Å². The number of hydrogen-bond donors (Lipinski definition) is 1. The van der Waals surface area contributed by atoms with E-state index in [-0.39, 0.29) is 0 Å². The minimum Gasteiger partial charge on any atom is -0.307 e. The van der Waals surface area contributed by atoms with E-state index in [0.717, 1.165) is 12.6 Å². The molecule has 2 heterocycles. The van der Waals surface area contributed by atoms with Gasteiger partial charge in [-0.1, -0.05) is 0 Å². The summed E-state index contributed by atoms with van der Waals surface area (Å²) in [4.78, 5) is 1.42. The van der Waals surface area contributed by atoms with Crippen molar-refractivity contribution in [2.75, 3.05) is 11.5 Å². The fourth-order valence-electron chi connectivity index (χ4n) is 1.04. The first kappa shape index (κ1) is 9.06. The Morgan fingerprint density at radius 2 is 2.42 bits per heavy atom. The molecule has 1 fully saturated rings. The number of thiophene rings is 1. The number of nitrogens with one attached hydrogen (secondary N) is 1. The van der Waals surface area contributed by atoms with Crippen LogP contribution in [-0.2, 0) is 6.54 Å². The van der Waals surface area contributed by atoms with Gasteiger partial charge in [-0.25, -0.2) is 0 Å². The van der Waals surface area contributed by atoms with Gasteiger partial charge in [0.1, 0.15) is 0 Å². The summed E-state index contributed by atoms with van der Waals surface area (Å²) in [6.45, 7) is 1.03. The summed E-state index contributed by atoms with van der Waals surface area (Å²) >= 11 is 7.28. The first-order valence-electron chi connectivity index (χ1n) is 3.88. The summed E-state index contributed by atoms with van der Waals surface area (Å²) < 4.78 is 1.20. The maximum Gasteiger partial charge on any atom is 0.0303 e. The third kappa shape index (κ3) is 2.25. The van der Waals surface area contributed by atoms with E-state index < -0.39 is 0 Å². The van der Waals surface area contributed by atoms with Crippen LogP contribution >= 0.6 is 39.0 Å². The van der Waals surface area contributed by atoms with Crippen molar-refractivity contribution in [3.05, 3.63) is 20.8 Å². The first-order valence-corrected chi connectivity index (χ1v) is 6.71. The number of rotatable bonds is 3. The molecule has 1 saturated heterocycles. The third-order valence-corrected chi connectivity index (χ3v) is 4.80. The normalized spacial score (nSPS) is 17.8. The van der Waals surface area contributed by atoms with Crippen LogP contribution in [-0.4, -0.2) is 17.5 Å². The smallest absolute Gasteiger partial charge is 0.0303 e. The third-order valence-electron chi connectivity index (χ3n) is 1.82. The molecule has 1 aliphatic heterocycles. The Labute approximate surface area is 89.1 Å². The second-order valence-electron chi connectivity index (χ2n) is 2.85. The summed E-state index contributed by atoms with van der Waals surface area (Å²) in [7, 11) is 0. The van der Waals surface area contributed by atoms with E-state index in [4.69, 9.17) is 0 Å². The molecular weight excluding hydrogens is 254 g/mol. The molecule has 0 bridgehead atoms. The Hall–Kier alpha value is 0.490. The number of thioether (sulfide) groups is 1. The number of hydrogen-bond acceptors (Lipinski definition) is 3. The molecule has 2 rings (SSSR count). The van der Waals surface area contributed by atoms with Crippen molar-refractivity contribution in [1.82, 2.24) is 5.32 Å². The van der Waals surface area contributed by atoms with Crippen LogP contribution in [0.2, 0.25) is 0 Å². The molecule has 0 atom stereocenters. The first-order chi connectivity index (χ1) is 5.84. The molecule has 4 heteroatoms. The molecule has 12 heavy (non-hydrogen) atoms. The average Bonchev–Trinajstić information content (AvgIpc) is 2.32. The van der Waals surface area contributed by atoms with Gasteiger partial charge in [0.15, 0.2) is 0 Å². The van der Waals surface area contributed by atoms with E-state index in [9.17, 15) is 0 Å². The summed E-state index contributed by atoms with van der Waals surface area (Å²) in [5, 5.41) is 5.65. The maximum atomic E-state index is 3.52. The van der Waals surface area contributed by atoms with Crippen molar-refractivity contribution < 1.29 is 0 Å². The molecule has 0 radical (unpaired) electrons. The van der Waals surface area contributed by atoms with Crippen molar-refractivity contribution in [1.29, 1.82) is 0 Å². The molecule has 0 aromatic carbocycles.